The molecule has 0 saturated heterocycles. The van der Waals surface area contributed by atoms with Crippen LogP contribution in [0.4, 0.5) is 11.4 Å². The summed E-state index contributed by atoms with van der Waals surface area (Å²) in [4.78, 5) is 5.17. The number of hydrogen-bond acceptors (Lipinski definition) is 1. The summed E-state index contributed by atoms with van der Waals surface area (Å²) in [6.07, 6.45) is 15.9. The van der Waals surface area contributed by atoms with Gasteiger partial charge in [0.2, 0.25) is 0 Å². The third kappa shape index (κ3) is 8.02. The van der Waals surface area contributed by atoms with E-state index in [1.165, 1.54) is 11.1 Å². The summed E-state index contributed by atoms with van der Waals surface area (Å²) in [5, 5.41) is 0. The van der Waals surface area contributed by atoms with Crippen LogP contribution in [0, 0.1) is 0 Å². The maximum atomic E-state index is 5.57. The Hall–Kier alpha value is -2.25. The summed E-state index contributed by atoms with van der Waals surface area (Å²) in [6, 6.07) is 17.0. The molecule has 2 rings (SSSR count). The van der Waals surface area contributed by atoms with Crippen LogP contribution in [0.25, 0.3) is 0 Å². The van der Waals surface area contributed by atoms with Crippen molar-refractivity contribution < 1.29 is 19.3 Å². The average Bonchev–Trinajstić information content (AvgIpc) is 2.82. The first kappa shape index (κ1) is 26.0. The molecule has 0 saturated carbocycles. The van der Waals surface area contributed by atoms with Crippen molar-refractivity contribution >= 4 is 22.8 Å². The molecular weight excluding hydrogens is 435 g/mol. The number of benzene rings is 2. The molecule has 0 heterocycles. The predicted octanol–water partition coefficient (Wildman–Crippen LogP) is 8.23. The van der Waals surface area contributed by atoms with E-state index in [1.807, 2.05) is 3.66 Å². The van der Waals surface area contributed by atoms with Gasteiger partial charge in [0.25, 0.3) is 0 Å². The van der Waals surface area contributed by atoms with Crippen molar-refractivity contribution in [2.45, 2.75) is 72.6 Å². The normalized spacial score (nSPS) is 13.2. The van der Waals surface area contributed by atoms with Gasteiger partial charge in [0.05, 0.1) is 0 Å². The Labute approximate surface area is 203 Å². The van der Waals surface area contributed by atoms with Crippen molar-refractivity contribution in [3.8, 4) is 0 Å². The second kappa shape index (κ2) is 14.7. The zero-order valence-electron chi connectivity index (χ0n) is 20.1. The van der Waals surface area contributed by atoms with Crippen molar-refractivity contribution in [1.29, 1.82) is 0 Å². The quantitative estimate of drug-likeness (QED) is 0.168. The average molecular weight is 473 g/mol. The van der Waals surface area contributed by atoms with Crippen molar-refractivity contribution in [1.82, 2.24) is 0 Å². The second-order valence-electron chi connectivity index (χ2n) is 7.97. The van der Waals surface area contributed by atoms with Gasteiger partial charge in [-0.1, -0.05) is 0 Å². The first-order valence-electron chi connectivity index (χ1n) is 11.8. The van der Waals surface area contributed by atoms with Gasteiger partial charge >= 0.3 is 204 Å². The van der Waals surface area contributed by atoms with Crippen LogP contribution in [0.3, 0.4) is 0 Å². The van der Waals surface area contributed by atoms with Gasteiger partial charge < -0.3 is 0 Å². The molecule has 0 unspecified atom stereocenters. The number of para-hydroxylation sites is 2. The summed E-state index contributed by atoms with van der Waals surface area (Å²) in [5.41, 5.74) is 6.92. The zero-order valence-corrected chi connectivity index (χ0v) is 21.1. The van der Waals surface area contributed by atoms with Gasteiger partial charge in [0, 0.05) is 0 Å². The molecule has 2 aromatic carbocycles. The molecule has 0 aliphatic rings. The van der Waals surface area contributed by atoms with Crippen LogP contribution in [0.2, 0.25) is 0 Å². The Balaban J connectivity index is 2.46. The summed E-state index contributed by atoms with van der Waals surface area (Å²) in [5.74, 6) is 0. The number of aryl methyl sites for hydroxylation is 2. The fourth-order valence-corrected chi connectivity index (χ4v) is 3.98. The van der Waals surface area contributed by atoms with E-state index in [4.69, 9.17) is 20.7 Å². The van der Waals surface area contributed by atoms with E-state index in [0.29, 0.717) is 0 Å². The van der Waals surface area contributed by atoms with Crippen LogP contribution in [0.1, 0.15) is 70.9 Å². The van der Waals surface area contributed by atoms with Crippen LogP contribution < -0.4 is 0 Å². The van der Waals surface area contributed by atoms with Gasteiger partial charge in [-0.3, -0.25) is 0 Å². The van der Waals surface area contributed by atoms with Crippen molar-refractivity contribution in [2.75, 3.05) is 0 Å². The number of nitrogens with zero attached hydrogens (tertiary/aromatic N) is 2. The Kier molecular flexibility index (Phi) is 12.0. The summed E-state index contributed by atoms with van der Waals surface area (Å²) < 4.78 is 1.96. The van der Waals surface area contributed by atoms with Crippen molar-refractivity contribution in [2.24, 2.45) is 4.99 Å². The van der Waals surface area contributed by atoms with E-state index in [-0.39, 0.29) is 0 Å². The molecule has 0 radical (unpaired) electrons. The third-order valence-corrected chi connectivity index (χ3v) is 6.10. The summed E-state index contributed by atoms with van der Waals surface area (Å²) in [6.45, 7) is 8.49. The van der Waals surface area contributed by atoms with Gasteiger partial charge in [-0.2, -0.15) is 0 Å². The molecule has 0 amide bonds. The van der Waals surface area contributed by atoms with Crippen LogP contribution >= 0.6 is 0 Å². The zero-order chi connectivity index (χ0) is 23.2. The molecule has 0 aliphatic heterocycles. The number of allylic oxidation sites excluding steroid dienone is 4. The minimum absolute atomic E-state index is 0.937. The number of aliphatic imine (C=N–C) groups is 1. The van der Waals surface area contributed by atoms with Crippen molar-refractivity contribution in [3.05, 3.63) is 84.0 Å². The minimum atomic E-state index is 0.937. The molecule has 0 spiro atoms. The molecule has 32 heavy (non-hydrogen) atoms. The molecule has 0 fully saturated rings. The molecule has 3 heteroatoms. The molecule has 0 N–H and O–H groups in total. The number of hydrogen-bond donors (Lipinski definition) is 0. The fourth-order valence-electron chi connectivity index (χ4n) is 3.64. The molecule has 0 aromatic heterocycles. The molecule has 2 nitrogen and oxygen atoms in total. The van der Waals surface area contributed by atoms with E-state index < -0.39 is 0 Å². The molecule has 0 aliphatic carbocycles. The van der Waals surface area contributed by atoms with Gasteiger partial charge in [-0.25, -0.2) is 0 Å². The number of rotatable bonds is 12. The summed E-state index contributed by atoms with van der Waals surface area (Å²) >= 11 is 5.57. The predicted molar refractivity (Wildman–Crippen MR) is 136 cm³/mol. The van der Waals surface area contributed by atoms with Crippen LogP contribution in [0.15, 0.2) is 77.8 Å². The van der Waals surface area contributed by atoms with E-state index in [1.54, 1.807) is 0 Å². The Morgan fingerprint density at radius 1 is 0.906 bits per heavy atom. The SMILES string of the molecule is CC=CCCc1ccccc1N=C(CCCC)C(C)=[N+]([Ni])c1ccccc1CCC=CC. The van der Waals surface area contributed by atoms with Gasteiger partial charge in [0.1, 0.15) is 0 Å². The number of unbranched alkanes of at least 4 members (excludes halogenated alkanes) is 1. The fraction of sp³-hybridized carbons (Fsp3) is 0.379. The first-order valence-corrected chi connectivity index (χ1v) is 12.3. The van der Waals surface area contributed by atoms with E-state index >= 15 is 0 Å². The van der Waals surface area contributed by atoms with E-state index in [0.717, 1.165) is 67.7 Å². The molecule has 173 valence electrons. The molecule has 2 aromatic rings. The van der Waals surface area contributed by atoms with E-state index in [2.05, 4.69) is 101 Å². The molecule has 0 bridgehead atoms. The molecular formula is C29H38N2Ni+. The van der Waals surface area contributed by atoms with Gasteiger partial charge in [-0.05, 0) is 0 Å². The topological polar surface area (TPSA) is 15.4 Å². The monoisotopic (exact) mass is 472 g/mol. The van der Waals surface area contributed by atoms with Gasteiger partial charge in [-0.15, -0.1) is 0 Å². The second-order valence-corrected chi connectivity index (χ2v) is 8.42. The van der Waals surface area contributed by atoms with Crippen molar-refractivity contribution in [3.63, 3.8) is 0 Å². The van der Waals surface area contributed by atoms with E-state index in [9.17, 15) is 0 Å². The standard InChI is InChI=1S/C29H38N2.Ni/c1-5-8-11-17-25-19-13-15-22-28(25)30-24(4)27(21-10-7-3)31-29-23-16-14-20-26(29)18-12-9-6-2;/h5-6,8-9,13-16,19-20,22-23H,7,10-12,17-18,21H2,1-4H3;/q;+1. The Morgan fingerprint density at radius 2 is 1.50 bits per heavy atom. The van der Waals surface area contributed by atoms with Gasteiger partial charge in [0.15, 0.2) is 0 Å². The maximum absolute atomic E-state index is 5.57. The first-order chi connectivity index (χ1) is 15.6. The Morgan fingerprint density at radius 3 is 2.16 bits per heavy atom. The molecule has 0 atom stereocenters. The Bertz CT molecular complexity index is 967. The van der Waals surface area contributed by atoms with Crippen LogP contribution in [0.5, 0.6) is 0 Å². The van der Waals surface area contributed by atoms with Crippen LogP contribution in [-0.4, -0.2) is 15.1 Å². The third-order valence-electron chi connectivity index (χ3n) is 5.53. The van der Waals surface area contributed by atoms with Crippen LogP contribution in [-0.2, 0) is 28.5 Å². The summed E-state index contributed by atoms with van der Waals surface area (Å²) in [7, 11) is 0.